The fraction of sp³-hybridized carbons (Fsp3) is 0.238. The summed E-state index contributed by atoms with van der Waals surface area (Å²) in [5, 5.41) is 6.62. The molecule has 0 aliphatic carbocycles. The molecular formula is C21H22N4O. The van der Waals surface area contributed by atoms with Gasteiger partial charge in [-0.2, -0.15) is 4.98 Å². The van der Waals surface area contributed by atoms with Gasteiger partial charge in [0.2, 0.25) is 11.8 Å². The molecule has 5 nitrogen and oxygen atoms in total. The molecule has 2 aromatic carbocycles. The molecule has 5 heteroatoms. The quantitative estimate of drug-likeness (QED) is 0.731. The van der Waals surface area contributed by atoms with E-state index < -0.39 is 0 Å². The van der Waals surface area contributed by atoms with Gasteiger partial charge < -0.3 is 15.4 Å². The minimum absolute atomic E-state index is 0.223. The van der Waals surface area contributed by atoms with Gasteiger partial charge in [-0.1, -0.05) is 42.5 Å². The molecule has 1 saturated heterocycles. The number of hydrogen-bond donors (Lipinski definition) is 2. The van der Waals surface area contributed by atoms with Crippen molar-refractivity contribution in [3.05, 3.63) is 66.9 Å². The van der Waals surface area contributed by atoms with E-state index in [1.807, 2.05) is 36.4 Å². The fourth-order valence-corrected chi connectivity index (χ4v) is 3.09. The van der Waals surface area contributed by atoms with Crippen LogP contribution < -0.4 is 15.4 Å². The van der Waals surface area contributed by atoms with Gasteiger partial charge in [-0.05, 0) is 49.2 Å². The van der Waals surface area contributed by atoms with E-state index in [1.54, 1.807) is 6.20 Å². The van der Waals surface area contributed by atoms with Crippen molar-refractivity contribution in [3.63, 3.8) is 0 Å². The Morgan fingerprint density at radius 3 is 2.58 bits per heavy atom. The summed E-state index contributed by atoms with van der Waals surface area (Å²) in [5.74, 6) is 1.16. The highest BCUT2D eigenvalue weighted by molar-refractivity contribution is 5.69. The molecule has 0 atom stereocenters. The monoisotopic (exact) mass is 346 g/mol. The highest BCUT2D eigenvalue weighted by atomic mass is 16.5. The van der Waals surface area contributed by atoms with Crippen LogP contribution in [0.5, 0.6) is 5.88 Å². The first-order valence-electron chi connectivity index (χ1n) is 9.00. The molecule has 132 valence electrons. The summed E-state index contributed by atoms with van der Waals surface area (Å²) in [5.41, 5.74) is 3.28. The van der Waals surface area contributed by atoms with Crippen LogP contribution in [-0.2, 0) is 0 Å². The van der Waals surface area contributed by atoms with Gasteiger partial charge in [0, 0.05) is 18.0 Å². The molecule has 2 heterocycles. The SMILES string of the molecule is c1ccc(-c2cccc(Nc3nccc(OC4CCNCC4)n3)c2)cc1. The number of anilines is 2. The third-order valence-corrected chi connectivity index (χ3v) is 4.43. The largest absolute Gasteiger partial charge is 0.474 e. The smallest absolute Gasteiger partial charge is 0.230 e. The third-order valence-electron chi connectivity index (χ3n) is 4.43. The fourth-order valence-electron chi connectivity index (χ4n) is 3.09. The molecule has 0 radical (unpaired) electrons. The van der Waals surface area contributed by atoms with Gasteiger partial charge in [0.05, 0.1) is 0 Å². The maximum Gasteiger partial charge on any atom is 0.230 e. The topological polar surface area (TPSA) is 59.1 Å². The van der Waals surface area contributed by atoms with Crippen LogP contribution in [0.15, 0.2) is 66.9 Å². The molecule has 4 rings (SSSR count). The van der Waals surface area contributed by atoms with Crippen molar-refractivity contribution in [3.8, 4) is 17.0 Å². The molecule has 2 N–H and O–H groups in total. The highest BCUT2D eigenvalue weighted by Crippen LogP contribution is 2.24. The molecule has 1 aliphatic rings. The normalized spacial score (nSPS) is 14.8. The number of rotatable bonds is 5. The molecule has 0 unspecified atom stereocenters. The number of benzene rings is 2. The number of nitrogens with zero attached hydrogens (tertiary/aromatic N) is 2. The van der Waals surface area contributed by atoms with E-state index in [4.69, 9.17) is 4.74 Å². The molecule has 1 aliphatic heterocycles. The summed E-state index contributed by atoms with van der Waals surface area (Å²) in [6.45, 7) is 1.99. The second-order valence-corrected chi connectivity index (χ2v) is 6.36. The van der Waals surface area contributed by atoms with E-state index in [2.05, 4.69) is 44.9 Å². The molecule has 26 heavy (non-hydrogen) atoms. The number of ether oxygens (including phenoxy) is 1. The zero-order valence-corrected chi connectivity index (χ0v) is 14.6. The molecule has 1 fully saturated rings. The summed E-state index contributed by atoms with van der Waals surface area (Å²) in [4.78, 5) is 8.82. The lowest BCUT2D eigenvalue weighted by atomic mass is 10.1. The average molecular weight is 346 g/mol. The summed E-state index contributed by atoms with van der Waals surface area (Å²) in [6, 6.07) is 20.3. The number of nitrogens with one attached hydrogen (secondary N) is 2. The van der Waals surface area contributed by atoms with Crippen LogP contribution in [0.1, 0.15) is 12.8 Å². The summed E-state index contributed by atoms with van der Waals surface area (Å²) in [6.07, 6.45) is 3.96. The minimum Gasteiger partial charge on any atom is -0.474 e. The lowest BCUT2D eigenvalue weighted by Crippen LogP contribution is -2.34. The molecule has 1 aromatic heterocycles. The molecular weight excluding hydrogens is 324 g/mol. The Hall–Kier alpha value is -2.92. The van der Waals surface area contributed by atoms with Gasteiger partial charge in [-0.3, -0.25) is 0 Å². The second kappa shape index (κ2) is 7.97. The van der Waals surface area contributed by atoms with E-state index >= 15 is 0 Å². The Balaban J connectivity index is 1.48. The Bertz CT molecular complexity index is 847. The Morgan fingerprint density at radius 1 is 0.923 bits per heavy atom. The maximum atomic E-state index is 6.00. The predicted octanol–water partition coefficient (Wildman–Crippen LogP) is 4.02. The molecule has 3 aromatic rings. The molecule has 0 amide bonds. The van der Waals surface area contributed by atoms with Crippen molar-refractivity contribution in [2.24, 2.45) is 0 Å². The second-order valence-electron chi connectivity index (χ2n) is 6.36. The molecule has 0 saturated carbocycles. The van der Waals surface area contributed by atoms with Gasteiger partial charge in [0.1, 0.15) is 6.10 Å². The Labute approximate surface area is 153 Å². The standard InChI is InChI=1S/C21H22N4O/c1-2-5-16(6-3-1)17-7-4-8-18(15-17)24-21-23-14-11-20(25-21)26-19-9-12-22-13-10-19/h1-8,11,14-15,19,22H,9-10,12-13H2,(H,23,24,25). The lowest BCUT2D eigenvalue weighted by molar-refractivity contribution is 0.156. The first-order valence-corrected chi connectivity index (χ1v) is 9.00. The van der Waals surface area contributed by atoms with Crippen molar-refractivity contribution in [2.45, 2.75) is 18.9 Å². The van der Waals surface area contributed by atoms with Crippen molar-refractivity contribution in [1.82, 2.24) is 15.3 Å². The summed E-state index contributed by atoms with van der Waals surface area (Å²) < 4.78 is 6.00. The number of aromatic nitrogens is 2. The predicted molar refractivity (Wildman–Crippen MR) is 104 cm³/mol. The van der Waals surface area contributed by atoms with Crippen molar-refractivity contribution in [1.29, 1.82) is 0 Å². The number of piperidine rings is 1. The molecule has 0 bridgehead atoms. The Kier molecular flexibility index (Phi) is 5.07. The van der Waals surface area contributed by atoms with E-state index in [1.165, 1.54) is 5.56 Å². The van der Waals surface area contributed by atoms with Crippen LogP contribution in [0.2, 0.25) is 0 Å². The lowest BCUT2D eigenvalue weighted by Gasteiger charge is -2.23. The van der Waals surface area contributed by atoms with Gasteiger partial charge in [0.25, 0.3) is 0 Å². The maximum absolute atomic E-state index is 6.00. The van der Waals surface area contributed by atoms with Crippen LogP contribution in [0, 0.1) is 0 Å². The Morgan fingerprint density at radius 2 is 1.73 bits per heavy atom. The zero-order chi connectivity index (χ0) is 17.6. The van der Waals surface area contributed by atoms with Crippen LogP contribution in [0.3, 0.4) is 0 Å². The van der Waals surface area contributed by atoms with E-state index in [0.29, 0.717) is 11.8 Å². The van der Waals surface area contributed by atoms with Gasteiger partial charge >= 0.3 is 0 Å². The van der Waals surface area contributed by atoms with Crippen LogP contribution in [0.25, 0.3) is 11.1 Å². The van der Waals surface area contributed by atoms with Crippen molar-refractivity contribution >= 4 is 11.6 Å². The molecule has 0 spiro atoms. The first-order chi connectivity index (χ1) is 12.9. The van der Waals surface area contributed by atoms with Crippen molar-refractivity contribution in [2.75, 3.05) is 18.4 Å². The van der Waals surface area contributed by atoms with E-state index in [9.17, 15) is 0 Å². The summed E-state index contributed by atoms with van der Waals surface area (Å²) >= 11 is 0. The van der Waals surface area contributed by atoms with Crippen molar-refractivity contribution < 1.29 is 4.74 Å². The summed E-state index contributed by atoms with van der Waals surface area (Å²) in [7, 11) is 0. The van der Waals surface area contributed by atoms with Crippen LogP contribution in [-0.4, -0.2) is 29.2 Å². The van der Waals surface area contributed by atoms with Gasteiger partial charge in [-0.15, -0.1) is 0 Å². The van der Waals surface area contributed by atoms with Gasteiger partial charge in [0.15, 0.2) is 0 Å². The van der Waals surface area contributed by atoms with Crippen LogP contribution in [0.4, 0.5) is 11.6 Å². The minimum atomic E-state index is 0.223. The average Bonchev–Trinajstić information content (AvgIpc) is 2.70. The van der Waals surface area contributed by atoms with E-state index in [-0.39, 0.29) is 6.10 Å². The van der Waals surface area contributed by atoms with Crippen LogP contribution >= 0.6 is 0 Å². The van der Waals surface area contributed by atoms with E-state index in [0.717, 1.165) is 37.2 Å². The zero-order valence-electron chi connectivity index (χ0n) is 14.6. The van der Waals surface area contributed by atoms with Gasteiger partial charge in [-0.25, -0.2) is 4.98 Å². The first kappa shape index (κ1) is 16.5. The highest BCUT2D eigenvalue weighted by Gasteiger charge is 2.15. The third kappa shape index (κ3) is 4.18. The number of hydrogen-bond acceptors (Lipinski definition) is 5.